The molecule has 0 aliphatic heterocycles. The summed E-state index contributed by atoms with van der Waals surface area (Å²) in [6.45, 7) is 5.18. The van der Waals surface area contributed by atoms with Crippen LogP contribution < -0.4 is 0 Å². The van der Waals surface area contributed by atoms with Gasteiger partial charge in [-0.15, -0.1) is 0 Å². The second kappa shape index (κ2) is 7.33. The van der Waals surface area contributed by atoms with Crippen LogP contribution in [0.5, 0.6) is 0 Å². The van der Waals surface area contributed by atoms with E-state index in [4.69, 9.17) is 0 Å². The van der Waals surface area contributed by atoms with Crippen LogP contribution in [0.2, 0.25) is 0 Å². The summed E-state index contributed by atoms with van der Waals surface area (Å²) in [4.78, 5) is 21.1. The molecule has 0 radical (unpaired) electrons. The number of carbonyl (C=O) groups is 1. The van der Waals surface area contributed by atoms with Crippen LogP contribution in [0.4, 0.5) is 0 Å². The third-order valence-corrected chi connectivity index (χ3v) is 2.78. The van der Waals surface area contributed by atoms with Crippen molar-refractivity contribution in [2.75, 3.05) is 0 Å². The third kappa shape index (κ3) is 5.21. The number of rotatable bonds is 8. The zero-order valence-electron chi connectivity index (χ0n) is 10.2. The van der Waals surface area contributed by atoms with Gasteiger partial charge in [0.1, 0.15) is 11.9 Å². The SMILES string of the molecule is CCCC(C)C(O)C(CCC(C)=O)[N+](=O)[O-]. The fraction of sp³-hybridized carbons (Fsp3) is 0.909. The van der Waals surface area contributed by atoms with Gasteiger partial charge in [0.2, 0.25) is 6.04 Å². The molecule has 3 unspecified atom stereocenters. The standard InChI is InChI=1S/C11H21NO4/c1-4-5-8(2)11(14)10(12(15)16)7-6-9(3)13/h8,10-11,14H,4-7H2,1-3H3. The van der Waals surface area contributed by atoms with Gasteiger partial charge in [-0.25, -0.2) is 0 Å². The van der Waals surface area contributed by atoms with Gasteiger partial charge in [-0.2, -0.15) is 0 Å². The summed E-state index contributed by atoms with van der Waals surface area (Å²) in [6.07, 6.45) is 0.953. The van der Waals surface area contributed by atoms with E-state index in [9.17, 15) is 20.0 Å². The minimum absolute atomic E-state index is 0.0813. The minimum atomic E-state index is -1.02. The van der Waals surface area contributed by atoms with Gasteiger partial charge >= 0.3 is 0 Å². The molecule has 0 fully saturated rings. The molecule has 0 saturated carbocycles. The summed E-state index contributed by atoms with van der Waals surface area (Å²) < 4.78 is 0. The maximum Gasteiger partial charge on any atom is 0.239 e. The van der Waals surface area contributed by atoms with Gasteiger partial charge in [0.25, 0.3) is 0 Å². The molecule has 0 bridgehead atoms. The summed E-state index contributed by atoms with van der Waals surface area (Å²) in [7, 11) is 0. The Kier molecular flexibility index (Phi) is 6.88. The average molecular weight is 231 g/mol. The van der Waals surface area contributed by atoms with Crippen molar-refractivity contribution in [3.63, 3.8) is 0 Å². The number of aliphatic hydroxyl groups excluding tert-OH is 1. The quantitative estimate of drug-likeness (QED) is 0.510. The maximum atomic E-state index is 10.8. The third-order valence-electron chi connectivity index (χ3n) is 2.78. The Balaban J connectivity index is 4.39. The molecule has 3 atom stereocenters. The van der Waals surface area contributed by atoms with Gasteiger partial charge in [0.15, 0.2) is 0 Å². The Bertz CT molecular complexity index is 242. The number of hydrogen-bond acceptors (Lipinski definition) is 4. The molecule has 5 heteroatoms. The lowest BCUT2D eigenvalue weighted by Gasteiger charge is -2.21. The summed E-state index contributed by atoms with van der Waals surface area (Å²) in [5, 5.41) is 20.6. The van der Waals surface area contributed by atoms with Gasteiger partial charge in [-0.05, 0) is 19.3 Å². The van der Waals surface area contributed by atoms with E-state index in [1.54, 1.807) is 6.92 Å². The highest BCUT2D eigenvalue weighted by atomic mass is 16.6. The summed E-state index contributed by atoms with van der Waals surface area (Å²) in [5.74, 6) is -0.186. The Morgan fingerprint density at radius 1 is 1.44 bits per heavy atom. The molecule has 0 aromatic rings. The molecule has 0 heterocycles. The normalized spacial score (nSPS) is 16.5. The molecule has 0 amide bonds. The van der Waals surface area contributed by atoms with E-state index in [1.165, 1.54) is 6.92 Å². The number of carbonyl (C=O) groups excluding carboxylic acids is 1. The summed E-state index contributed by atoms with van der Waals surface area (Å²) in [5.41, 5.74) is 0. The van der Waals surface area contributed by atoms with E-state index in [-0.39, 0.29) is 24.5 Å². The van der Waals surface area contributed by atoms with E-state index in [0.29, 0.717) is 0 Å². The number of hydrogen-bond donors (Lipinski definition) is 1. The molecule has 0 spiro atoms. The highest BCUT2D eigenvalue weighted by Gasteiger charge is 2.33. The molecule has 1 N–H and O–H groups in total. The van der Waals surface area contributed by atoms with Gasteiger partial charge < -0.3 is 9.90 Å². The summed E-state index contributed by atoms with van der Waals surface area (Å²) >= 11 is 0. The minimum Gasteiger partial charge on any atom is -0.386 e. The van der Waals surface area contributed by atoms with Crippen LogP contribution in [-0.4, -0.2) is 28.0 Å². The molecule has 94 valence electrons. The van der Waals surface area contributed by atoms with Crippen LogP contribution in [0.1, 0.15) is 46.5 Å². The molecular formula is C11H21NO4. The molecule has 0 rings (SSSR count). The molecule has 0 aliphatic rings. The molecule has 5 nitrogen and oxygen atoms in total. The van der Waals surface area contributed by atoms with Crippen molar-refractivity contribution in [2.45, 2.75) is 58.6 Å². The van der Waals surface area contributed by atoms with E-state index in [0.717, 1.165) is 12.8 Å². The molecule has 16 heavy (non-hydrogen) atoms. The van der Waals surface area contributed by atoms with Crippen LogP contribution in [0.3, 0.4) is 0 Å². The molecule has 0 aromatic carbocycles. The first-order valence-electron chi connectivity index (χ1n) is 5.71. The van der Waals surface area contributed by atoms with Crippen molar-refractivity contribution in [2.24, 2.45) is 5.92 Å². The predicted octanol–water partition coefficient (Wildman–Crippen LogP) is 1.80. The predicted molar refractivity (Wildman–Crippen MR) is 60.8 cm³/mol. The van der Waals surface area contributed by atoms with Gasteiger partial charge in [0.05, 0.1) is 0 Å². The highest BCUT2D eigenvalue weighted by Crippen LogP contribution is 2.18. The Hall–Kier alpha value is -0.970. The number of nitrogens with zero attached hydrogens (tertiary/aromatic N) is 1. The Labute approximate surface area is 96.0 Å². The lowest BCUT2D eigenvalue weighted by Crippen LogP contribution is -2.38. The first kappa shape index (κ1) is 15.0. The molecule has 0 aliphatic carbocycles. The van der Waals surface area contributed by atoms with Crippen LogP contribution >= 0.6 is 0 Å². The van der Waals surface area contributed by atoms with Crippen LogP contribution in [0.15, 0.2) is 0 Å². The monoisotopic (exact) mass is 231 g/mol. The van der Waals surface area contributed by atoms with Crippen molar-refractivity contribution in [1.29, 1.82) is 0 Å². The first-order chi connectivity index (χ1) is 7.40. The lowest BCUT2D eigenvalue weighted by atomic mass is 9.91. The Morgan fingerprint density at radius 2 is 2.00 bits per heavy atom. The van der Waals surface area contributed by atoms with Crippen molar-refractivity contribution in [3.05, 3.63) is 10.1 Å². The van der Waals surface area contributed by atoms with E-state index in [2.05, 4.69) is 0 Å². The van der Waals surface area contributed by atoms with Crippen molar-refractivity contribution < 1.29 is 14.8 Å². The van der Waals surface area contributed by atoms with Gasteiger partial charge in [-0.1, -0.05) is 20.3 Å². The highest BCUT2D eigenvalue weighted by molar-refractivity contribution is 5.75. The van der Waals surface area contributed by atoms with Gasteiger partial charge in [0, 0.05) is 17.8 Å². The fourth-order valence-corrected chi connectivity index (χ4v) is 1.76. The zero-order valence-corrected chi connectivity index (χ0v) is 10.2. The number of nitro groups is 1. The van der Waals surface area contributed by atoms with E-state index >= 15 is 0 Å². The van der Waals surface area contributed by atoms with Crippen LogP contribution in [0.25, 0.3) is 0 Å². The molecule has 0 saturated heterocycles. The topological polar surface area (TPSA) is 80.4 Å². The smallest absolute Gasteiger partial charge is 0.239 e. The average Bonchev–Trinajstić information content (AvgIpc) is 2.17. The van der Waals surface area contributed by atoms with E-state index in [1.807, 2.05) is 6.92 Å². The number of aliphatic hydroxyl groups is 1. The Morgan fingerprint density at radius 3 is 2.38 bits per heavy atom. The first-order valence-corrected chi connectivity index (χ1v) is 5.71. The molecule has 0 aromatic heterocycles. The molecular weight excluding hydrogens is 210 g/mol. The largest absolute Gasteiger partial charge is 0.386 e. The second-order valence-corrected chi connectivity index (χ2v) is 4.35. The van der Waals surface area contributed by atoms with Crippen molar-refractivity contribution in [3.8, 4) is 0 Å². The van der Waals surface area contributed by atoms with Crippen LogP contribution in [-0.2, 0) is 4.79 Å². The maximum absolute atomic E-state index is 10.8. The van der Waals surface area contributed by atoms with E-state index < -0.39 is 17.1 Å². The number of ketones is 1. The number of Topliss-reactive ketones (excluding diaryl/α,β-unsaturated/α-hetero) is 1. The summed E-state index contributed by atoms with van der Waals surface area (Å²) in [6, 6.07) is -1.02. The van der Waals surface area contributed by atoms with Crippen LogP contribution in [0, 0.1) is 16.0 Å². The second-order valence-electron chi connectivity index (χ2n) is 4.35. The van der Waals surface area contributed by atoms with Crippen molar-refractivity contribution in [1.82, 2.24) is 0 Å². The van der Waals surface area contributed by atoms with Crippen molar-refractivity contribution >= 4 is 5.78 Å². The fourth-order valence-electron chi connectivity index (χ4n) is 1.76. The zero-order chi connectivity index (χ0) is 12.7. The van der Waals surface area contributed by atoms with Gasteiger partial charge in [-0.3, -0.25) is 10.1 Å². The lowest BCUT2D eigenvalue weighted by molar-refractivity contribution is -0.537.